The van der Waals surface area contributed by atoms with Crippen molar-refractivity contribution >= 4 is 11.7 Å². The van der Waals surface area contributed by atoms with Crippen molar-refractivity contribution in [1.82, 2.24) is 15.2 Å². The van der Waals surface area contributed by atoms with E-state index in [1.807, 2.05) is 29.3 Å². The predicted octanol–water partition coefficient (Wildman–Crippen LogP) is 0.730. The standard InChI is InChI=1S/C15H22N4O/c20-15(13-4-3-6-16-12-13)19-10-8-18(9-11-19)14-5-1-2-7-17-14/h1-2,5,7,13,16H,3-4,6,8-12H2/t13-/m1/s1. The molecule has 0 aliphatic carbocycles. The number of carbonyl (C=O) groups is 1. The Bertz CT molecular complexity index is 436. The van der Waals surface area contributed by atoms with E-state index in [1.165, 1.54) is 0 Å². The van der Waals surface area contributed by atoms with Gasteiger partial charge in [0, 0.05) is 38.9 Å². The fourth-order valence-corrected chi connectivity index (χ4v) is 3.02. The van der Waals surface area contributed by atoms with Crippen molar-refractivity contribution in [2.24, 2.45) is 5.92 Å². The number of anilines is 1. The number of carbonyl (C=O) groups excluding carboxylic acids is 1. The van der Waals surface area contributed by atoms with Crippen molar-refractivity contribution in [2.75, 3.05) is 44.2 Å². The van der Waals surface area contributed by atoms with Gasteiger partial charge >= 0.3 is 0 Å². The van der Waals surface area contributed by atoms with E-state index in [0.29, 0.717) is 5.91 Å². The summed E-state index contributed by atoms with van der Waals surface area (Å²) in [6.07, 6.45) is 3.97. The third-order valence-corrected chi connectivity index (χ3v) is 4.21. The van der Waals surface area contributed by atoms with Gasteiger partial charge in [-0.05, 0) is 31.5 Å². The van der Waals surface area contributed by atoms with Crippen LogP contribution < -0.4 is 10.2 Å². The van der Waals surface area contributed by atoms with E-state index >= 15 is 0 Å². The van der Waals surface area contributed by atoms with Gasteiger partial charge in [0.25, 0.3) is 0 Å². The van der Waals surface area contributed by atoms with Crippen LogP contribution in [0.2, 0.25) is 0 Å². The molecule has 0 aromatic carbocycles. The van der Waals surface area contributed by atoms with Gasteiger partial charge in [0.2, 0.25) is 5.91 Å². The highest BCUT2D eigenvalue weighted by Gasteiger charge is 2.28. The molecule has 1 aromatic rings. The Kier molecular flexibility index (Phi) is 4.16. The summed E-state index contributed by atoms with van der Waals surface area (Å²) in [4.78, 5) is 21.1. The zero-order valence-electron chi connectivity index (χ0n) is 11.8. The summed E-state index contributed by atoms with van der Waals surface area (Å²) in [7, 11) is 0. The summed E-state index contributed by atoms with van der Waals surface area (Å²) in [5.74, 6) is 1.53. The highest BCUT2D eigenvalue weighted by molar-refractivity contribution is 5.79. The minimum atomic E-state index is 0.185. The van der Waals surface area contributed by atoms with E-state index in [-0.39, 0.29) is 5.92 Å². The maximum Gasteiger partial charge on any atom is 0.227 e. The molecule has 5 nitrogen and oxygen atoms in total. The summed E-state index contributed by atoms with van der Waals surface area (Å²) in [6.45, 7) is 5.28. The smallest absolute Gasteiger partial charge is 0.227 e. The molecule has 0 radical (unpaired) electrons. The summed E-state index contributed by atoms with van der Waals surface area (Å²) in [6, 6.07) is 5.97. The highest BCUT2D eigenvalue weighted by Crippen LogP contribution is 2.17. The third-order valence-electron chi connectivity index (χ3n) is 4.21. The quantitative estimate of drug-likeness (QED) is 0.864. The first-order valence-corrected chi connectivity index (χ1v) is 7.50. The van der Waals surface area contributed by atoms with Gasteiger partial charge in [-0.15, -0.1) is 0 Å². The van der Waals surface area contributed by atoms with Crippen molar-refractivity contribution in [3.63, 3.8) is 0 Å². The van der Waals surface area contributed by atoms with Crippen LogP contribution in [-0.2, 0) is 4.79 Å². The first kappa shape index (κ1) is 13.4. The molecule has 2 saturated heterocycles. The second-order valence-electron chi connectivity index (χ2n) is 5.54. The number of hydrogen-bond donors (Lipinski definition) is 1. The predicted molar refractivity (Wildman–Crippen MR) is 78.6 cm³/mol. The van der Waals surface area contributed by atoms with Crippen molar-refractivity contribution < 1.29 is 4.79 Å². The molecule has 108 valence electrons. The van der Waals surface area contributed by atoms with Gasteiger partial charge in [-0.2, -0.15) is 0 Å². The minimum absolute atomic E-state index is 0.185. The number of hydrogen-bond acceptors (Lipinski definition) is 4. The van der Waals surface area contributed by atoms with E-state index < -0.39 is 0 Å². The normalized spacial score (nSPS) is 23.7. The van der Waals surface area contributed by atoms with E-state index in [4.69, 9.17) is 0 Å². The van der Waals surface area contributed by atoms with E-state index in [1.54, 1.807) is 0 Å². The van der Waals surface area contributed by atoms with Crippen LogP contribution in [0.1, 0.15) is 12.8 Å². The van der Waals surface area contributed by atoms with Crippen LogP contribution in [0.4, 0.5) is 5.82 Å². The molecular weight excluding hydrogens is 252 g/mol. The Morgan fingerprint density at radius 1 is 1.25 bits per heavy atom. The summed E-state index contributed by atoms with van der Waals surface area (Å²) >= 11 is 0. The molecule has 0 saturated carbocycles. The van der Waals surface area contributed by atoms with Gasteiger partial charge in [0.15, 0.2) is 0 Å². The summed E-state index contributed by atoms with van der Waals surface area (Å²) < 4.78 is 0. The lowest BCUT2D eigenvalue weighted by Crippen LogP contribution is -2.52. The molecule has 3 rings (SSSR count). The maximum absolute atomic E-state index is 12.4. The lowest BCUT2D eigenvalue weighted by atomic mass is 9.98. The van der Waals surface area contributed by atoms with Gasteiger partial charge in [-0.3, -0.25) is 4.79 Å². The molecule has 1 N–H and O–H groups in total. The lowest BCUT2D eigenvalue weighted by molar-refractivity contribution is -0.136. The minimum Gasteiger partial charge on any atom is -0.353 e. The van der Waals surface area contributed by atoms with Crippen LogP contribution in [0.25, 0.3) is 0 Å². The highest BCUT2D eigenvalue weighted by atomic mass is 16.2. The van der Waals surface area contributed by atoms with Crippen molar-refractivity contribution in [3.05, 3.63) is 24.4 Å². The van der Waals surface area contributed by atoms with Gasteiger partial charge in [0.05, 0.1) is 5.92 Å². The van der Waals surface area contributed by atoms with Crippen LogP contribution >= 0.6 is 0 Å². The van der Waals surface area contributed by atoms with E-state index in [2.05, 4.69) is 15.2 Å². The second-order valence-corrected chi connectivity index (χ2v) is 5.54. The molecule has 20 heavy (non-hydrogen) atoms. The topological polar surface area (TPSA) is 48.5 Å². The zero-order valence-corrected chi connectivity index (χ0v) is 11.8. The average molecular weight is 274 g/mol. The van der Waals surface area contributed by atoms with Gasteiger partial charge in [0.1, 0.15) is 5.82 Å². The number of aromatic nitrogens is 1. The Labute approximate surface area is 120 Å². The Morgan fingerprint density at radius 2 is 2.10 bits per heavy atom. The molecular formula is C15H22N4O. The van der Waals surface area contributed by atoms with Crippen molar-refractivity contribution in [1.29, 1.82) is 0 Å². The van der Waals surface area contributed by atoms with Crippen LogP contribution in [-0.4, -0.2) is 55.1 Å². The molecule has 1 atom stereocenters. The molecule has 2 aliphatic rings. The fraction of sp³-hybridized carbons (Fsp3) is 0.600. The number of piperazine rings is 1. The molecule has 5 heteroatoms. The number of piperidine rings is 1. The number of rotatable bonds is 2. The SMILES string of the molecule is O=C([C@@H]1CCCNC1)N1CCN(c2ccccn2)CC1. The van der Waals surface area contributed by atoms with Crippen LogP contribution in [0.5, 0.6) is 0 Å². The molecule has 3 heterocycles. The summed E-state index contributed by atoms with van der Waals surface area (Å²) in [5, 5.41) is 3.32. The third kappa shape index (κ3) is 2.93. The zero-order chi connectivity index (χ0) is 13.8. The molecule has 2 aliphatic heterocycles. The maximum atomic E-state index is 12.4. The number of nitrogens with zero attached hydrogens (tertiary/aromatic N) is 3. The lowest BCUT2D eigenvalue weighted by Gasteiger charge is -2.37. The van der Waals surface area contributed by atoms with Gasteiger partial charge in [-0.25, -0.2) is 4.98 Å². The fourth-order valence-electron chi connectivity index (χ4n) is 3.02. The number of pyridine rings is 1. The van der Waals surface area contributed by atoms with Gasteiger partial charge in [-0.1, -0.05) is 6.07 Å². The Balaban J connectivity index is 1.54. The molecule has 2 fully saturated rings. The monoisotopic (exact) mass is 274 g/mol. The first-order valence-electron chi connectivity index (χ1n) is 7.50. The Hall–Kier alpha value is -1.62. The molecule has 1 aromatic heterocycles. The average Bonchev–Trinajstić information content (AvgIpc) is 2.56. The van der Waals surface area contributed by atoms with Crippen LogP contribution in [0.3, 0.4) is 0 Å². The molecule has 1 amide bonds. The van der Waals surface area contributed by atoms with E-state index in [0.717, 1.165) is 57.9 Å². The Morgan fingerprint density at radius 3 is 2.75 bits per heavy atom. The number of nitrogens with one attached hydrogen (secondary N) is 1. The van der Waals surface area contributed by atoms with E-state index in [9.17, 15) is 4.79 Å². The molecule has 0 unspecified atom stereocenters. The molecule has 0 spiro atoms. The first-order chi connectivity index (χ1) is 9.84. The second kappa shape index (κ2) is 6.22. The van der Waals surface area contributed by atoms with Crippen LogP contribution in [0, 0.1) is 5.92 Å². The summed E-state index contributed by atoms with van der Waals surface area (Å²) in [5.41, 5.74) is 0. The van der Waals surface area contributed by atoms with Crippen molar-refractivity contribution in [3.8, 4) is 0 Å². The van der Waals surface area contributed by atoms with Crippen molar-refractivity contribution in [2.45, 2.75) is 12.8 Å². The molecule has 0 bridgehead atoms. The number of amides is 1. The largest absolute Gasteiger partial charge is 0.353 e. The van der Waals surface area contributed by atoms with Crippen LogP contribution in [0.15, 0.2) is 24.4 Å². The van der Waals surface area contributed by atoms with Gasteiger partial charge < -0.3 is 15.1 Å².